The molecule has 2 rings (SSSR count). The Labute approximate surface area is 111 Å². The number of aryl methyl sites for hydroxylation is 1. The zero-order chi connectivity index (χ0) is 13.5. The number of hydrogen-bond donors (Lipinski definition) is 1. The molecular formula is C14H15N3O2. The Kier molecular flexibility index (Phi) is 4.44. The topological polar surface area (TPSA) is 64.1 Å². The van der Waals surface area contributed by atoms with Gasteiger partial charge in [-0.15, -0.1) is 0 Å². The minimum atomic E-state index is -0.168. The maximum Gasteiger partial charge on any atom is 0.230 e. The molecule has 1 heterocycles. The lowest BCUT2D eigenvalue weighted by Crippen LogP contribution is -2.16. The number of carbonyl (C=O) groups is 1. The van der Waals surface area contributed by atoms with Crippen LogP contribution >= 0.6 is 0 Å². The van der Waals surface area contributed by atoms with Crippen LogP contribution in [-0.2, 0) is 4.79 Å². The van der Waals surface area contributed by atoms with E-state index in [4.69, 9.17) is 4.74 Å². The molecule has 1 amide bonds. The van der Waals surface area contributed by atoms with Crippen LogP contribution in [0.4, 0.5) is 5.95 Å². The monoisotopic (exact) mass is 257 g/mol. The van der Waals surface area contributed by atoms with Gasteiger partial charge in [0.2, 0.25) is 11.9 Å². The summed E-state index contributed by atoms with van der Waals surface area (Å²) in [5, 5.41) is 2.60. The molecule has 0 atom stereocenters. The summed E-state index contributed by atoms with van der Waals surface area (Å²) >= 11 is 0. The highest BCUT2D eigenvalue weighted by atomic mass is 16.5. The molecule has 0 radical (unpaired) electrons. The van der Waals surface area contributed by atoms with Crippen molar-refractivity contribution in [2.24, 2.45) is 0 Å². The molecular weight excluding hydrogens is 242 g/mol. The predicted molar refractivity (Wildman–Crippen MR) is 72.0 cm³/mol. The van der Waals surface area contributed by atoms with Crippen molar-refractivity contribution in [3.05, 3.63) is 48.3 Å². The van der Waals surface area contributed by atoms with E-state index < -0.39 is 0 Å². The quantitative estimate of drug-likeness (QED) is 0.891. The zero-order valence-corrected chi connectivity index (χ0v) is 10.7. The molecule has 98 valence electrons. The van der Waals surface area contributed by atoms with E-state index in [2.05, 4.69) is 15.3 Å². The maximum absolute atomic E-state index is 11.6. The molecule has 1 aromatic carbocycles. The minimum absolute atomic E-state index is 0.168. The molecule has 0 spiro atoms. The Balaban J connectivity index is 1.74. The highest BCUT2D eigenvalue weighted by molar-refractivity contribution is 5.88. The molecule has 5 nitrogen and oxygen atoms in total. The Morgan fingerprint density at radius 2 is 1.89 bits per heavy atom. The van der Waals surface area contributed by atoms with Gasteiger partial charge in [0.15, 0.2) is 0 Å². The zero-order valence-electron chi connectivity index (χ0n) is 10.7. The number of carbonyl (C=O) groups excluding carboxylic acids is 1. The molecule has 0 aliphatic heterocycles. The molecule has 2 aromatic rings. The van der Waals surface area contributed by atoms with Gasteiger partial charge in [0, 0.05) is 12.4 Å². The van der Waals surface area contributed by atoms with Crippen LogP contribution < -0.4 is 10.1 Å². The van der Waals surface area contributed by atoms with Gasteiger partial charge in [0.25, 0.3) is 0 Å². The number of nitrogens with zero attached hydrogens (tertiary/aromatic N) is 2. The molecule has 0 fully saturated rings. The second-order valence-corrected chi connectivity index (χ2v) is 4.03. The molecule has 1 aromatic heterocycles. The summed E-state index contributed by atoms with van der Waals surface area (Å²) in [7, 11) is 0. The van der Waals surface area contributed by atoms with Gasteiger partial charge in [-0.3, -0.25) is 10.1 Å². The standard InChI is InChI=1S/C14H15N3O2/c1-11-3-5-12(6-4-11)19-10-7-13(18)17-14-15-8-2-9-16-14/h2-6,8-9H,7,10H2,1H3,(H,15,16,17,18). The number of rotatable bonds is 5. The van der Waals surface area contributed by atoms with Crippen LogP contribution in [0.25, 0.3) is 0 Å². The van der Waals surface area contributed by atoms with Gasteiger partial charge in [-0.05, 0) is 25.1 Å². The maximum atomic E-state index is 11.6. The number of amides is 1. The van der Waals surface area contributed by atoms with Crippen molar-refractivity contribution in [2.45, 2.75) is 13.3 Å². The van der Waals surface area contributed by atoms with Crippen LogP contribution in [-0.4, -0.2) is 22.5 Å². The van der Waals surface area contributed by atoms with Crippen LogP contribution in [0.2, 0.25) is 0 Å². The summed E-state index contributed by atoms with van der Waals surface area (Å²) in [5.41, 5.74) is 1.17. The third kappa shape index (κ3) is 4.39. The van der Waals surface area contributed by atoms with Crippen molar-refractivity contribution >= 4 is 11.9 Å². The lowest BCUT2D eigenvalue weighted by Gasteiger charge is -2.06. The highest BCUT2D eigenvalue weighted by Gasteiger charge is 2.04. The van der Waals surface area contributed by atoms with E-state index in [0.29, 0.717) is 12.6 Å². The Morgan fingerprint density at radius 1 is 1.21 bits per heavy atom. The number of hydrogen-bond acceptors (Lipinski definition) is 4. The first kappa shape index (κ1) is 13.0. The van der Waals surface area contributed by atoms with E-state index in [-0.39, 0.29) is 12.3 Å². The van der Waals surface area contributed by atoms with E-state index in [1.165, 1.54) is 5.56 Å². The predicted octanol–water partition coefficient (Wildman–Crippen LogP) is 2.19. The Hall–Kier alpha value is -2.43. The molecule has 0 bridgehead atoms. The normalized spacial score (nSPS) is 9.95. The van der Waals surface area contributed by atoms with Gasteiger partial charge < -0.3 is 4.74 Å². The fourth-order valence-electron chi connectivity index (χ4n) is 1.45. The van der Waals surface area contributed by atoms with Gasteiger partial charge >= 0.3 is 0 Å². The molecule has 0 saturated carbocycles. The molecule has 0 aliphatic carbocycles. The van der Waals surface area contributed by atoms with Crippen molar-refractivity contribution in [3.8, 4) is 5.75 Å². The largest absolute Gasteiger partial charge is 0.493 e. The Morgan fingerprint density at radius 3 is 2.58 bits per heavy atom. The summed E-state index contributed by atoms with van der Waals surface area (Å²) in [6.07, 6.45) is 3.41. The van der Waals surface area contributed by atoms with Crippen molar-refractivity contribution in [1.29, 1.82) is 0 Å². The number of ether oxygens (including phenoxy) is 1. The molecule has 0 saturated heterocycles. The summed E-state index contributed by atoms with van der Waals surface area (Å²) in [5.74, 6) is 0.899. The van der Waals surface area contributed by atoms with Crippen LogP contribution in [0.5, 0.6) is 5.75 Å². The van der Waals surface area contributed by atoms with E-state index in [1.54, 1.807) is 18.5 Å². The summed E-state index contributed by atoms with van der Waals surface area (Å²) in [4.78, 5) is 19.4. The average Bonchev–Trinajstić information content (AvgIpc) is 2.42. The van der Waals surface area contributed by atoms with Crippen LogP contribution in [0.1, 0.15) is 12.0 Å². The number of aromatic nitrogens is 2. The van der Waals surface area contributed by atoms with Gasteiger partial charge in [0.05, 0.1) is 13.0 Å². The SMILES string of the molecule is Cc1ccc(OCCC(=O)Nc2ncccn2)cc1. The second kappa shape index (κ2) is 6.49. The van der Waals surface area contributed by atoms with Gasteiger partial charge in [0.1, 0.15) is 5.75 Å². The molecule has 0 aliphatic rings. The van der Waals surface area contributed by atoms with E-state index >= 15 is 0 Å². The van der Waals surface area contributed by atoms with E-state index in [0.717, 1.165) is 5.75 Å². The van der Waals surface area contributed by atoms with Crippen LogP contribution in [0.15, 0.2) is 42.7 Å². The van der Waals surface area contributed by atoms with E-state index in [1.807, 2.05) is 31.2 Å². The summed E-state index contributed by atoms with van der Waals surface area (Å²) in [6.45, 7) is 2.33. The fraction of sp³-hybridized carbons (Fsp3) is 0.214. The average molecular weight is 257 g/mol. The molecule has 1 N–H and O–H groups in total. The third-order valence-electron chi connectivity index (χ3n) is 2.44. The van der Waals surface area contributed by atoms with Crippen molar-refractivity contribution in [1.82, 2.24) is 9.97 Å². The smallest absolute Gasteiger partial charge is 0.230 e. The fourth-order valence-corrected chi connectivity index (χ4v) is 1.45. The van der Waals surface area contributed by atoms with E-state index in [9.17, 15) is 4.79 Å². The van der Waals surface area contributed by atoms with Crippen LogP contribution in [0, 0.1) is 6.92 Å². The minimum Gasteiger partial charge on any atom is -0.493 e. The van der Waals surface area contributed by atoms with Crippen molar-refractivity contribution < 1.29 is 9.53 Å². The summed E-state index contributed by atoms with van der Waals surface area (Å²) in [6, 6.07) is 9.39. The highest BCUT2D eigenvalue weighted by Crippen LogP contribution is 2.11. The lowest BCUT2D eigenvalue weighted by atomic mass is 10.2. The van der Waals surface area contributed by atoms with Crippen LogP contribution in [0.3, 0.4) is 0 Å². The molecule has 0 unspecified atom stereocenters. The molecule has 19 heavy (non-hydrogen) atoms. The third-order valence-corrected chi connectivity index (χ3v) is 2.44. The van der Waals surface area contributed by atoms with Gasteiger partial charge in [-0.2, -0.15) is 0 Å². The first-order valence-electron chi connectivity index (χ1n) is 6.00. The first-order valence-corrected chi connectivity index (χ1v) is 6.00. The first-order chi connectivity index (χ1) is 9.24. The van der Waals surface area contributed by atoms with Crippen molar-refractivity contribution in [2.75, 3.05) is 11.9 Å². The summed E-state index contributed by atoms with van der Waals surface area (Å²) < 4.78 is 5.47. The molecule has 5 heteroatoms. The lowest BCUT2D eigenvalue weighted by molar-refractivity contribution is -0.116. The second-order valence-electron chi connectivity index (χ2n) is 4.03. The number of benzene rings is 1. The van der Waals surface area contributed by atoms with Crippen molar-refractivity contribution in [3.63, 3.8) is 0 Å². The number of nitrogens with one attached hydrogen (secondary N) is 1. The van der Waals surface area contributed by atoms with Gasteiger partial charge in [-0.25, -0.2) is 9.97 Å². The Bertz CT molecular complexity index is 526. The van der Waals surface area contributed by atoms with Gasteiger partial charge in [-0.1, -0.05) is 17.7 Å². The number of anilines is 1.